The summed E-state index contributed by atoms with van der Waals surface area (Å²) in [7, 11) is -0.622. The van der Waals surface area contributed by atoms with Gasteiger partial charge in [0.25, 0.3) is 0 Å². The van der Waals surface area contributed by atoms with Crippen LogP contribution in [0, 0.1) is 0 Å². The highest BCUT2D eigenvalue weighted by atomic mass is 32.2. The van der Waals surface area contributed by atoms with Gasteiger partial charge in [0.2, 0.25) is 10.0 Å². The Balaban J connectivity index is 1.99. The van der Waals surface area contributed by atoms with Crippen molar-refractivity contribution >= 4 is 27.5 Å². The molecule has 0 N–H and O–H groups in total. The molecule has 0 bridgehead atoms. The van der Waals surface area contributed by atoms with E-state index in [1.165, 1.54) is 14.2 Å². The Morgan fingerprint density at radius 2 is 1.50 bits per heavy atom. The Morgan fingerprint density at radius 1 is 0.962 bits per heavy atom. The average Bonchev–Trinajstić information content (AvgIpc) is 2.64. The fourth-order valence-corrected chi connectivity index (χ4v) is 2.59. The third-order valence-corrected chi connectivity index (χ3v) is 4.90. The van der Waals surface area contributed by atoms with Gasteiger partial charge in [-0.25, -0.2) is 13.2 Å². The number of hydrogen-bond acceptors (Lipinski definition) is 6. The average molecular weight is 377 g/mol. The van der Waals surface area contributed by atoms with E-state index in [0.29, 0.717) is 22.6 Å². The van der Waals surface area contributed by atoms with Crippen LogP contribution >= 0.6 is 0 Å². The topological polar surface area (TPSA) is 90.0 Å². The molecule has 0 amide bonds. The highest BCUT2D eigenvalue weighted by molar-refractivity contribution is 7.92. The van der Waals surface area contributed by atoms with Crippen molar-refractivity contribution in [2.24, 2.45) is 0 Å². The normalized spacial score (nSPS) is 10.9. The first kappa shape index (κ1) is 19.5. The van der Waals surface area contributed by atoms with Crippen LogP contribution in [0.15, 0.2) is 48.5 Å². The SMILES string of the molecule is COC(=O)c1ccc(OCC(=O)c2ccc(N(C)S(C)(=O)=O)cc2)cc1. The number of hydrogen-bond donors (Lipinski definition) is 0. The molecule has 0 aliphatic carbocycles. The molecule has 0 fully saturated rings. The van der Waals surface area contributed by atoms with Gasteiger partial charge in [-0.05, 0) is 48.5 Å². The summed E-state index contributed by atoms with van der Waals surface area (Å²) < 4.78 is 34.2. The number of rotatable bonds is 7. The van der Waals surface area contributed by atoms with Gasteiger partial charge < -0.3 is 9.47 Å². The maximum Gasteiger partial charge on any atom is 0.337 e. The van der Waals surface area contributed by atoms with Crippen LogP contribution in [0.4, 0.5) is 5.69 Å². The maximum absolute atomic E-state index is 12.2. The molecule has 2 aromatic rings. The van der Waals surface area contributed by atoms with Crippen LogP contribution in [0.3, 0.4) is 0 Å². The first-order valence-electron chi connectivity index (χ1n) is 7.60. The minimum absolute atomic E-state index is 0.182. The lowest BCUT2D eigenvalue weighted by atomic mass is 10.1. The summed E-state index contributed by atoms with van der Waals surface area (Å²) in [5.74, 6) is -0.262. The van der Waals surface area contributed by atoms with Gasteiger partial charge in [0.15, 0.2) is 12.4 Å². The second-order valence-electron chi connectivity index (χ2n) is 5.51. The molecular formula is C18H19NO6S. The van der Waals surface area contributed by atoms with Crippen molar-refractivity contribution in [1.82, 2.24) is 0 Å². The first-order valence-corrected chi connectivity index (χ1v) is 9.45. The van der Waals surface area contributed by atoms with E-state index in [2.05, 4.69) is 4.74 Å². The Labute approximate surface area is 152 Å². The molecule has 0 unspecified atom stereocenters. The Kier molecular flexibility index (Phi) is 5.99. The predicted octanol–water partition coefficient (Wildman–Crippen LogP) is 2.13. The summed E-state index contributed by atoms with van der Waals surface area (Å²) in [6.45, 7) is -0.182. The zero-order valence-corrected chi connectivity index (χ0v) is 15.4. The molecule has 0 saturated heterocycles. The van der Waals surface area contributed by atoms with Gasteiger partial charge in [0, 0.05) is 12.6 Å². The summed E-state index contributed by atoms with van der Waals surface area (Å²) in [6, 6.07) is 12.4. The summed E-state index contributed by atoms with van der Waals surface area (Å²) in [4.78, 5) is 23.5. The second-order valence-corrected chi connectivity index (χ2v) is 7.52. The first-order chi connectivity index (χ1) is 12.2. The quantitative estimate of drug-likeness (QED) is 0.542. The van der Waals surface area contributed by atoms with E-state index in [4.69, 9.17) is 4.74 Å². The molecule has 0 saturated carbocycles. The van der Waals surface area contributed by atoms with Gasteiger partial charge in [-0.1, -0.05) is 0 Å². The van der Waals surface area contributed by atoms with Crippen molar-refractivity contribution in [3.05, 3.63) is 59.7 Å². The van der Waals surface area contributed by atoms with Gasteiger partial charge in [0.1, 0.15) is 5.75 Å². The maximum atomic E-state index is 12.2. The Bertz CT molecular complexity index is 888. The highest BCUT2D eigenvalue weighted by Crippen LogP contribution is 2.17. The fourth-order valence-electron chi connectivity index (χ4n) is 2.09. The molecule has 0 aromatic heterocycles. The Morgan fingerprint density at radius 3 is 2.00 bits per heavy atom. The van der Waals surface area contributed by atoms with Crippen LogP contribution in [-0.4, -0.2) is 47.2 Å². The summed E-state index contributed by atoms with van der Waals surface area (Å²) in [5.41, 5.74) is 1.25. The number of Topliss-reactive ketones (excluding diaryl/α,β-unsaturated/α-hetero) is 1. The second kappa shape index (κ2) is 8.01. The minimum atomic E-state index is -3.36. The number of sulfonamides is 1. The zero-order valence-electron chi connectivity index (χ0n) is 14.6. The van der Waals surface area contributed by atoms with Crippen LogP contribution in [0.2, 0.25) is 0 Å². The molecule has 0 aliphatic rings. The van der Waals surface area contributed by atoms with Gasteiger partial charge in [-0.15, -0.1) is 0 Å². The van der Waals surface area contributed by atoms with Crippen LogP contribution in [0.5, 0.6) is 5.75 Å². The molecule has 26 heavy (non-hydrogen) atoms. The lowest BCUT2D eigenvalue weighted by Gasteiger charge is -2.16. The van der Waals surface area contributed by atoms with Crippen LogP contribution in [0.1, 0.15) is 20.7 Å². The number of esters is 1. The van der Waals surface area contributed by atoms with Crippen molar-refractivity contribution in [2.75, 3.05) is 31.3 Å². The highest BCUT2D eigenvalue weighted by Gasteiger charge is 2.13. The van der Waals surface area contributed by atoms with E-state index in [9.17, 15) is 18.0 Å². The molecule has 2 aromatic carbocycles. The molecule has 2 rings (SSSR count). The van der Waals surface area contributed by atoms with Crippen molar-refractivity contribution < 1.29 is 27.5 Å². The molecule has 8 heteroatoms. The van der Waals surface area contributed by atoms with E-state index < -0.39 is 16.0 Å². The number of benzene rings is 2. The molecule has 0 radical (unpaired) electrons. The lowest BCUT2D eigenvalue weighted by Crippen LogP contribution is -2.24. The third kappa shape index (κ3) is 4.82. The predicted molar refractivity (Wildman–Crippen MR) is 97.3 cm³/mol. The molecule has 7 nitrogen and oxygen atoms in total. The van der Waals surface area contributed by atoms with Crippen molar-refractivity contribution in [3.63, 3.8) is 0 Å². The number of methoxy groups -OCH3 is 1. The standard InChI is InChI=1S/C18H19NO6S/c1-19(26(3,22)23)15-8-4-13(5-9-15)17(20)12-25-16-10-6-14(7-11-16)18(21)24-2/h4-11H,12H2,1-3H3. The van der Waals surface area contributed by atoms with Gasteiger partial charge in [-0.2, -0.15) is 0 Å². The molecular weight excluding hydrogens is 358 g/mol. The number of anilines is 1. The van der Waals surface area contributed by atoms with Crippen LogP contribution in [-0.2, 0) is 14.8 Å². The molecule has 0 spiro atoms. The zero-order chi connectivity index (χ0) is 19.3. The minimum Gasteiger partial charge on any atom is -0.485 e. The van der Waals surface area contributed by atoms with Crippen LogP contribution < -0.4 is 9.04 Å². The van der Waals surface area contributed by atoms with E-state index in [-0.39, 0.29) is 12.4 Å². The van der Waals surface area contributed by atoms with Gasteiger partial charge >= 0.3 is 5.97 Å². The van der Waals surface area contributed by atoms with E-state index in [0.717, 1.165) is 10.6 Å². The molecule has 0 aliphatic heterocycles. The monoisotopic (exact) mass is 377 g/mol. The number of carbonyl (C=O) groups is 2. The van der Waals surface area contributed by atoms with Gasteiger partial charge in [0.05, 0.1) is 24.6 Å². The van der Waals surface area contributed by atoms with E-state index in [1.807, 2.05) is 0 Å². The number of ether oxygens (including phenoxy) is 2. The van der Waals surface area contributed by atoms with Crippen molar-refractivity contribution in [3.8, 4) is 5.75 Å². The van der Waals surface area contributed by atoms with E-state index >= 15 is 0 Å². The Hall–Kier alpha value is -2.87. The smallest absolute Gasteiger partial charge is 0.337 e. The number of nitrogens with zero attached hydrogens (tertiary/aromatic N) is 1. The van der Waals surface area contributed by atoms with Crippen molar-refractivity contribution in [2.45, 2.75) is 0 Å². The number of carbonyl (C=O) groups excluding carboxylic acids is 2. The summed E-state index contributed by atoms with van der Waals surface area (Å²) in [5, 5.41) is 0. The van der Waals surface area contributed by atoms with E-state index in [1.54, 1.807) is 48.5 Å². The summed E-state index contributed by atoms with van der Waals surface area (Å²) >= 11 is 0. The summed E-state index contributed by atoms with van der Waals surface area (Å²) in [6.07, 6.45) is 1.10. The molecule has 138 valence electrons. The lowest BCUT2D eigenvalue weighted by molar-refractivity contribution is 0.0600. The third-order valence-electron chi connectivity index (χ3n) is 3.70. The van der Waals surface area contributed by atoms with Crippen LogP contribution in [0.25, 0.3) is 0 Å². The van der Waals surface area contributed by atoms with Crippen molar-refractivity contribution in [1.29, 1.82) is 0 Å². The number of ketones is 1. The largest absolute Gasteiger partial charge is 0.485 e. The molecule has 0 atom stereocenters. The fraction of sp³-hybridized carbons (Fsp3) is 0.222. The molecule has 0 heterocycles. The van der Waals surface area contributed by atoms with Gasteiger partial charge in [-0.3, -0.25) is 9.10 Å².